The molecule has 1 saturated heterocycles. The highest BCUT2D eigenvalue weighted by atomic mass is 19.1. The van der Waals surface area contributed by atoms with Gasteiger partial charge >= 0.3 is 6.03 Å². The predicted octanol–water partition coefficient (Wildman–Crippen LogP) is 4.28. The molecule has 12 nitrogen and oxygen atoms in total. The number of amides is 3. The van der Waals surface area contributed by atoms with E-state index >= 15 is 0 Å². The van der Waals surface area contributed by atoms with E-state index in [1.807, 2.05) is 36.6 Å². The second kappa shape index (κ2) is 12.0. The first-order valence-corrected chi connectivity index (χ1v) is 13.8. The average molecular weight is 584 g/mol. The standard InChI is InChI=1S/C30H30FN9O3/c1-18(41)34-23-7-8-25(24(31)14-23)37-30(42)35-22-5-3-19(4-6-22)28-36-26-13-20(21-16-33-39(2)17-21)15-32-27(26)29(38-28)40-9-11-43-12-10-40/h3-8,13-16,21H,9-12,17H2,1-2H3,(H,34,41)(H2,35,37,42). The number of hydrazone groups is 1. The number of nitrogens with one attached hydrogen (secondary N) is 3. The number of benzene rings is 2. The molecule has 13 heteroatoms. The lowest BCUT2D eigenvalue weighted by atomic mass is 10.0. The molecule has 2 aliphatic heterocycles. The van der Waals surface area contributed by atoms with E-state index in [0.717, 1.165) is 40.6 Å². The second-order valence-corrected chi connectivity index (χ2v) is 10.4. The summed E-state index contributed by atoms with van der Waals surface area (Å²) in [6, 6.07) is 12.5. The van der Waals surface area contributed by atoms with Gasteiger partial charge in [0.15, 0.2) is 11.6 Å². The van der Waals surface area contributed by atoms with E-state index in [0.29, 0.717) is 43.5 Å². The Morgan fingerprint density at radius 1 is 0.977 bits per heavy atom. The monoisotopic (exact) mass is 583 g/mol. The van der Waals surface area contributed by atoms with Crippen LogP contribution in [0.3, 0.4) is 0 Å². The predicted molar refractivity (Wildman–Crippen MR) is 163 cm³/mol. The maximum Gasteiger partial charge on any atom is 0.323 e. The van der Waals surface area contributed by atoms with Crippen molar-refractivity contribution in [2.45, 2.75) is 12.8 Å². The number of aromatic nitrogens is 3. The smallest absolute Gasteiger partial charge is 0.323 e. The van der Waals surface area contributed by atoms with E-state index in [4.69, 9.17) is 19.7 Å². The van der Waals surface area contributed by atoms with Gasteiger partial charge in [0.25, 0.3) is 0 Å². The number of halogens is 1. The first-order valence-electron chi connectivity index (χ1n) is 13.8. The van der Waals surface area contributed by atoms with Crippen molar-refractivity contribution in [1.82, 2.24) is 20.0 Å². The van der Waals surface area contributed by atoms with Gasteiger partial charge in [0, 0.05) is 68.9 Å². The minimum absolute atomic E-state index is 0.0214. The highest BCUT2D eigenvalue weighted by Crippen LogP contribution is 2.30. The van der Waals surface area contributed by atoms with Crippen molar-refractivity contribution in [1.29, 1.82) is 0 Å². The molecule has 3 amide bonds. The molecule has 0 spiro atoms. The van der Waals surface area contributed by atoms with Gasteiger partial charge in [-0.15, -0.1) is 0 Å². The molecule has 2 aromatic heterocycles. The first-order chi connectivity index (χ1) is 20.8. The lowest BCUT2D eigenvalue weighted by Gasteiger charge is -2.28. The molecule has 1 atom stereocenters. The zero-order chi connectivity index (χ0) is 29.9. The van der Waals surface area contributed by atoms with Crippen molar-refractivity contribution in [3.05, 3.63) is 66.1 Å². The maximum atomic E-state index is 14.4. The maximum absolute atomic E-state index is 14.4. The van der Waals surface area contributed by atoms with Crippen LogP contribution in [0.15, 0.2) is 59.8 Å². The highest BCUT2D eigenvalue weighted by molar-refractivity contribution is 6.00. The van der Waals surface area contributed by atoms with Gasteiger partial charge in [0.1, 0.15) is 11.3 Å². The van der Waals surface area contributed by atoms with Crippen LogP contribution < -0.4 is 20.9 Å². The van der Waals surface area contributed by atoms with Crippen LogP contribution in [-0.4, -0.2) is 78.0 Å². The zero-order valence-corrected chi connectivity index (χ0v) is 23.7. The molecule has 1 unspecified atom stereocenters. The van der Waals surface area contributed by atoms with Gasteiger partial charge in [-0.1, -0.05) is 0 Å². The van der Waals surface area contributed by atoms with E-state index in [2.05, 4.69) is 32.0 Å². The summed E-state index contributed by atoms with van der Waals surface area (Å²) >= 11 is 0. The Kier molecular flexibility index (Phi) is 7.79. The second-order valence-electron chi connectivity index (χ2n) is 10.4. The number of likely N-dealkylation sites (N-methyl/N-ethyl adjacent to an activating group) is 1. The van der Waals surface area contributed by atoms with Gasteiger partial charge in [0.2, 0.25) is 5.91 Å². The van der Waals surface area contributed by atoms with E-state index < -0.39 is 11.8 Å². The third kappa shape index (κ3) is 6.36. The number of hydrogen-bond donors (Lipinski definition) is 3. The minimum atomic E-state index is -0.675. The molecule has 4 heterocycles. The molecule has 0 bridgehead atoms. The Labute approximate surface area is 247 Å². The Hall–Kier alpha value is -5.17. The van der Waals surface area contributed by atoms with Crippen LogP contribution in [0.4, 0.5) is 32.1 Å². The van der Waals surface area contributed by atoms with Crippen LogP contribution >= 0.6 is 0 Å². The summed E-state index contributed by atoms with van der Waals surface area (Å²) in [4.78, 5) is 40.5. The van der Waals surface area contributed by atoms with Crippen molar-refractivity contribution >= 4 is 52.1 Å². The molecule has 0 radical (unpaired) electrons. The minimum Gasteiger partial charge on any atom is -0.378 e. The van der Waals surface area contributed by atoms with Gasteiger partial charge in [-0.2, -0.15) is 5.10 Å². The summed E-state index contributed by atoms with van der Waals surface area (Å²) in [6.45, 7) is 4.72. The summed E-state index contributed by atoms with van der Waals surface area (Å²) in [7, 11) is 1.94. The van der Waals surface area contributed by atoms with E-state index in [-0.39, 0.29) is 17.5 Å². The first kappa shape index (κ1) is 28.0. The number of carbonyl (C=O) groups excluding carboxylic acids is 2. The van der Waals surface area contributed by atoms with E-state index in [9.17, 15) is 14.0 Å². The summed E-state index contributed by atoms with van der Waals surface area (Å²) in [6.07, 6.45) is 3.80. The Morgan fingerprint density at radius 2 is 1.74 bits per heavy atom. The van der Waals surface area contributed by atoms with Gasteiger partial charge in [0.05, 0.1) is 24.4 Å². The number of anilines is 4. The van der Waals surface area contributed by atoms with E-state index in [1.165, 1.54) is 19.1 Å². The molecule has 220 valence electrons. The lowest BCUT2D eigenvalue weighted by molar-refractivity contribution is -0.114. The van der Waals surface area contributed by atoms with Crippen molar-refractivity contribution in [2.75, 3.05) is 60.7 Å². The van der Waals surface area contributed by atoms with Crippen molar-refractivity contribution in [2.24, 2.45) is 5.10 Å². The van der Waals surface area contributed by atoms with Crippen molar-refractivity contribution in [3.8, 4) is 11.4 Å². The average Bonchev–Trinajstić information content (AvgIpc) is 3.44. The van der Waals surface area contributed by atoms with Crippen molar-refractivity contribution < 1.29 is 18.7 Å². The molecule has 1 fully saturated rings. The number of pyridine rings is 1. The molecular formula is C30H30FN9O3. The SMILES string of the molecule is CC(=O)Nc1ccc(NC(=O)Nc2ccc(-c3nc(N4CCOCC4)c4ncc(C5C=NN(C)C5)cc4n3)cc2)c(F)c1. The Bertz CT molecular complexity index is 1710. The molecular weight excluding hydrogens is 553 g/mol. The number of fused-ring (bicyclic) bond motifs is 1. The molecule has 0 aliphatic carbocycles. The third-order valence-corrected chi connectivity index (χ3v) is 7.12. The van der Waals surface area contributed by atoms with Crippen LogP contribution in [-0.2, 0) is 9.53 Å². The summed E-state index contributed by atoms with van der Waals surface area (Å²) in [5.41, 5.74) is 4.03. The van der Waals surface area contributed by atoms with Crippen LogP contribution in [0.25, 0.3) is 22.4 Å². The van der Waals surface area contributed by atoms with Crippen molar-refractivity contribution in [3.63, 3.8) is 0 Å². The third-order valence-electron chi connectivity index (χ3n) is 7.12. The van der Waals surface area contributed by atoms with Crippen LogP contribution in [0.1, 0.15) is 18.4 Å². The fraction of sp³-hybridized carbons (Fsp3) is 0.267. The zero-order valence-electron chi connectivity index (χ0n) is 23.7. The summed E-state index contributed by atoms with van der Waals surface area (Å²) in [5.74, 6) is 0.419. The molecule has 4 aromatic rings. The molecule has 2 aromatic carbocycles. The molecule has 6 rings (SSSR count). The topological polar surface area (TPSA) is 137 Å². The largest absolute Gasteiger partial charge is 0.378 e. The van der Waals surface area contributed by atoms with Crippen LogP contribution in [0.5, 0.6) is 0 Å². The normalized spacial score (nSPS) is 16.4. The molecule has 43 heavy (non-hydrogen) atoms. The fourth-order valence-electron chi connectivity index (χ4n) is 5.00. The summed E-state index contributed by atoms with van der Waals surface area (Å²) < 4.78 is 20.0. The van der Waals surface area contributed by atoms with E-state index in [1.54, 1.807) is 12.1 Å². The number of ether oxygens (including phenoxy) is 1. The van der Waals surface area contributed by atoms with Crippen LogP contribution in [0.2, 0.25) is 0 Å². The number of carbonyl (C=O) groups is 2. The fourth-order valence-corrected chi connectivity index (χ4v) is 5.00. The number of morpholine rings is 1. The Morgan fingerprint density at radius 3 is 2.44 bits per heavy atom. The quantitative estimate of drug-likeness (QED) is 0.306. The van der Waals surface area contributed by atoms with Crippen LogP contribution in [0, 0.1) is 5.82 Å². The van der Waals surface area contributed by atoms with Gasteiger partial charge in [-0.05, 0) is 54.1 Å². The molecule has 0 saturated carbocycles. The molecule has 2 aliphatic rings. The highest BCUT2D eigenvalue weighted by Gasteiger charge is 2.22. The van der Waals surface area contributed by atoms with Gasteiger partial charge in [-0.3, -0.25) is 14.8 Å². The van der Waals surface area contributed by atoms with Gasteiger partial charge in [-0.25, -0.2) is 19.2 Å². The number of hydrogen-bond acceptors (Lipinski definition) is 9. The number of urea groups is 1. The summed E-state index contributed by atoms with van der Waals surface area (Å²) in [5, 5.41) is 13.9. The number of rotatable bonds is 6. The molecule has 3 N–H and O–H groups in total. The lowest BCUT2D eigenvalue weighted by Crippen LogP contribution is -2.37. The number of nitrogens with zero attached hydrogens (tertiary/aromatic N) is 6. The Balaban J connectivity index is 1.23. The van der Waals surface area contributed by atoms with Gasteiger partial charge < -0.3 is 25.6 Å².